The van der Waals surface area contributed by atoms with Crippen LogP contribution in [0.1, 0.15) is 40.9 Å². The van der Waals surface area contributed by atoms with Crippen LogP contribution >= 0.6 is 19.6 Å². The Balaban J connectivity index is 1.43. The number of phosphoric acid groups is 1. The molecule has 4 aromatic rings. The summed E-state index contributed by atoms with van der Waals surface area (Å²) < 4.78 is 29.8. The van der Waals surface area contributed by atoms with Crippen LogP contribution in [0.25, 0.3) is 10.9 Å². The lowest BCUT2D eigenvalue weighted by atomic mass is 10.0. The first-order chi connectivity index (χ1) is 18.2. The Labute approximate surface area is 225 Å². The molecule has 8 nitrogen and oxygen atoms in total. The number of nitrogens with zero attached hydrogens (tertiary/aromatic N) is 2. The highest BCUT2D eigenvalue weighted by Gasteiger charge is 2.27. The number of phosphoric ester groups is 1. The van der Waals surface area contributed by atoms with Crippen molar-refractivity contribution in [3.63, 3.8) is 0 Å². The first-order valence-corrected chi connectivity index (χ1v) is 14.6. The number of thioether (sulfide) groups is 1. The number of fused-ring (bicyclic) bond motifs is 1. The van der Waals surface area contributed by atoms with Crippen LogP contribution in [0.15, 0.2) is 76.7 Å². The van der Waals surface area contributed by atoms with E-state index >= 15 is 0 Å². The van der Waals surface area contributed by atoms with Crippen LogP contribution in [0.3, 0.4) is 0 Å². The van der Waals surface area contributed by atoms with Crippen molar-refractivity contribution in [2.24, 2.45) is 7.05 Å². The molecule has 4 rings (SSSR count). The van der Waals surface area contributed by atoms with E-state index in [2.05, 4.69) is 4.98 Å². The van der Waals surface area contributed by atoms with Crippen molar-refractivity contribution < 1.29 is 22.9 Å². The van der Waals surface area contributed by atoms with Gasteiger partial charge in [0.1, 0.15) is 5.75 Å². The molecule has 3 aromatic carbocycles. The maximum atomic E-state index is 13.0. The fraction of sp³-hybridized carbons (Fsp3) is 0.250. The Bertz CT molecular complexity index is 1540. The quantitative estimate of drug-likeness (QED) is 0.0922. The van der Waals surface area contributed by atoms with Gasteiger partial charge in [0.25, 0.3) is 5.56 Å². The highest BCUT2D eigenvalue weighted by molar-refractivity contribution is 7.98. The summed E-state index contributed by atoms with van der Waals surface area (Å²) in [7, 11) is -1.97. The molecule has 10 heteroatoms. The second kappa shape index (κ2) is 12.1. The molecule has 0 saturated carbocycles. The maximum Gasteiger partial charge on any atom is 0.530 e. The minimum atomic E-state index is -3.70. The maximum absolute atomic E-state index is 13.0. The van der Waals surface area contributed by atoms with Gasteiger partial charge < -0.3 is 4.52 Å². The van der Waals surface area contributed by atoms with Gasteiger partial charge in [0, 0.05) is 23.9 Å². The molecule has 0 aliphatic carbocycles. The van der Waals surface area contributed by atoms with E-state index < -0.39 is 7.82 Å². The van der Waals surface area contributed by atoms with Gasteiger partial charge in [0.15, 0.2) is 10.9 Å². The van der Waals surface area contributed by atoms with Gasteiger partial charge in [-0.15, -0.1) is 0 Å². The molecule has 0 fully saturated rings. The molecule has 38 heavy (non-hydrogen) atoms. The minimum absolute atomic E-state index is 0.0634. The number of hydrogen-bond acceptors (Lipinski definition) is 8. The van der Waals surface area contributed by atoms with Crippen LogP contribution in [0.5, 0.6) is 5.75 Å². The molecule has 198 valence electrons. The van der Waals surface area contributed by atoms with Gasteiger partial charge in [0.05, 0.1) is 24.1 Å². The van der Waals surface area contributed by atoms with E-state index in [0.717, 1.165) is 11.1 Å². The second-order valence-electron chi connectivity index (χ2n) is 8.44. The summed E-state index contributed by atoms with van der Waals surface area (Å²) in [5.74, 6) is 0.728. The molecule has 0 bridgehead atoms. The SMILES string of the molecule is CCOP(=O)(OCC)Oc1ccc(C(=O)c2ccc(CSc3nc4cccc(C)c4c(=O)n3C)cc2)cc1. The number of hydrogen-bond donors (Lipinski definition) is 0. The molecule has 0 spiro atoms. The Hall–Kier alpha value is -3.23. The largest absolute Gasteiger partial charge is 0.530 e. The van der Waals surface area contributed by atoms with Gasteiger partial charge >= 0.3 is 7.82 Å². The molecule has 0 aliphatic heterocycles. The van der Waals surface area contributed by atoms with E-state index in [4.69, 9.17) is 13.6 Å². The lowest BCUT2D eigenvalue weighted by Gasteiger charge is -2.17. The number of rotatable bonds is 11. The van der Waals surface area contributed by atoms with Crippen molar-refractivity contribution in [3.8, 4) is 5.75 Å². The molecule has 0 atom stereocenters. The van der Waals surface area contributed by atoms with Gasteiger partial charge in [-0.25, -0.2) is 9.55 Å². The topological polar surface area (TPSA) is 96.7 Å². The summed E-state index contributed by atoms with van der Waals surface area (Å²) in [5.41, 5.74) is 3.53. The molecule has 0 N–H and O–H groups in total. The van der Waals surface area contributed by atoms with Gasteiger partial charge in [-0.05, 0) is 62.2 Å². The van der Waals surface area contributed by atoms with Gasteiger partial charge in [-0.2, -0.15) is 0 Å². The first-order valence-electron chi connectivity index (χ1n) is 12.2. The Morgan fingerprint density at radius 3 is 2.16 bits per heavy atom. The molecule has 1 aromatic heterocycles. The highest BCUT2D eigenvalue weighted by Crippen LogP contribution is 2.49. The zero-order chi connectivity index (χ0) is 27.3. The third kappa shape index (κ3) is 6.25. The van der Waals surface area contributed by atoms with Crippen LogP contribution in [-0.4, -0.2) is 28.5 Å². The van der Waals surface area contributed by atoms with Crippen LogP contribution in [0.2, 0.25) is 0 Å². The van der Waals surface area contributed by atoms with Crippen molar-refractivity contribution in [3.05, 3.63) is 99.3 Å². The monoisotopic (exact) mass is 552 g/mol. The van der Waals surface area contributed by atoms with Crippen LogP contribution in [0.4, 0.5) is 0 Å². The summed E-state index contributed by atoms with van der Waals surface area (Å²) in [6.07, 6.45) is 0. The normalized spacial score (nSPS) is 11.6. The average molecular weight is 553 g/mol. The van der Waals surface area contributed by atoms with E-state index in [9.17, 15) is 14.2 Å². The smallest absolute Gasteiger partial charge is 0.404 e. The molecule has 0 radical (unpaired) electrons. The van der Waals surface area contributed by atoms with Crippen molar-refractivity contribution in [2.45, 2.75) is 31.7 Å². The summed E-state index contributed by atoms with van der Waals surface area (Å²) in [6, 6.07) is 19.3. The third-order valence-corrected chi connectivity index (χ3v) is 8.45. The first kappa shape index (κ1) is 27.8. The van der Waals surface area contributed by atoms with Crippen molar-refractivity contribution in [1.29, 1.82) is 0 Å². The number of aromatic nitrogens is 2. The predicted octanol–water partition coefficient (Wildman–Crippen LogP) is 6.33. The van der Waals surface area contributed by atoms with Crippen molar-refractivity contribution >= 4 is 36.3 Å². The van der Waals surface area contributed by atoms with E-state index in [1.165, 1.54) is 11.8 Å². The number of ketones is 1. The third-order valence-electron chi connectivity index (χ3n) is 5.76. The molecule has 0 saturated heterocycles. The fourth-order valence-corrected chi connectivity index (χ4v) is 5.97. The lowest BCUT2D eigenvalue weighted by Crippen LogP contribution is -2.20. The molecule has 0 unspecified atom stereocenters. The Morgan fingerprint density at radius 1 is 0.947 bits per heavy atom. The van der Waals surface area contributed by atoms with Gasteiger partial charge in [-0.3, -0.25) is 23.2 Å². The number of aryl methyl sites for hydroxylation is 1. The summed E-state index contributed by atoms with van der Waals surface area (Å²) in [5, 5.41) is 1.27. The van der Waals surface area contributed by atoms with E-state index in [-0.39, 0.29) is 30.3 Å². The number of benzene rings is 3. The molecular weight excluding hydrogens is 523 g/mol. The number of carbonyl (C=O) groups excluding carboxylic acids is 1. The average Bonchev–Trinajstić information content (AvgIpc) is 2.90. The van der Waals surface area contributed by atoms with E-state index in [1.54, 1.807) is 61.9 Å². The van der Waals surface area contributed by atoms with Crippen LogP contribution in [0, 0.1) is 6.92 Å². The summed E-state index contributed by atoms with van der Waals surface area (Å²) in [6.45, 7) is 5.67. The zero-order valence-corrected chi connectivity index (χ0v) is 23.4. The lowest BCUT2D eigenvalue weighted by molar-refractivity contribution is 0.103. The standard InChI is InChI=1S/C28H29N2O6PS/c1-5-34-37(33,35-6-2)36-23-16-14-22(15-17-23)26(31)21-12-10-20(11-13-21)18-38-28-29-24-9-7-8-19(3)25(24)27(32)30(28)4/h7-17H,5-6,18H2,1-4H3. The van der Waals surface area contributed by atoms with E-state index in [1.807, 2.05) is 37.3 Å². The zero-order valence-electron chi connectivity index (χ0n) is 21.7. The molecule has 0 amide bonds. The molecule has 0 aliphatic rings. The fourth-order valence-electron chi connectivity index (χ4n) is 3.85. The highest BCUT2D eigenvalue weighted by atomic mass is 32.2. The summed E-state index contributed by atoms with van der Waals surface area (Å²) >= 11 is 1.47. The van der Waals surface area contributed by atoms with Crippen molar-refractivity contribution in [2.75, 3.05) is 13.2 Å². The molecule has 1 heterocycles. The number of carbonyl (C=O) groups is 1. The Kier molecular flexibility index (Phi) is 8.84. The van der Waals surface area contributed by atoms with Crippen LogP contribution in [-0.2, 0) is 26.4 Å². The molecular formula is C28H29N2O6PS. The summed E-state index contributed by atoms with van der Waals surface area (Å²) in [4.78, 5) is 30.5. The van der Waals surface area contributed by atoms with Crippen molar-refractivity contribution in [1.82, 2.24) is 9.55 Å². The minimum Gasteiger partial charge on any atom is -0.404 e. The van der Waals surface area contributed by atoms with E-state index in [0.29, 0.717) is 32.9 Å². The Morgan fingerprint density at radius 2 is 1.55 bits per heavy atom. The second-order valence-corrected chi connectivity index (χ2v) is 11.0. The van der Waals surface area contributed by atoms with Gasteiger partial charge in [0.2, 0.25) is 0 Å². The van der Waals surface area contributed by atoms with Gasteiger partial charge in [-0.1, -0.05) is 48.2 Å². The van der Waals surface area contributed by atoms with Crippen LogP contribution < -0.4 is 10.1 Å². The predicted molar refractivity (Wildman–Crippen MR) is 149 cm³/mol.